The van der Waals surface area contributed by atoms with Crippen LogP contribution in [0, 0.1) is 0 Å². The predicted molar refractivity (Wildman–Crippen MR) is 46.1 cm³/mol. The Bertz CT molecular complexity index is 97.1. The van der Waals surface area contributed by atoms with Gasteiger partial charge in [-0.05, 0) is 24.5 Å². The number of thioether (sulfide) groups is 1. The van der Waals surface area contributed by atoms with Crippen molar-refractivity contribution in [2.24, 2.45) is 4.99 Å². The second-order valence-electron chi connectivity index (χ2n) is 1.56. The van der Waals surface area contributed by atoms with Crippen molar-refractivity contribution < 1.29 is 0 Å². The van der Waals surface area contributed by atoms with Gasteiger partial charge in [0.1, 0.15) is 0 Å². The molecule has 0 aromatic rings. The SMILES string of the molecule is CC=NC=CSCCC. The molecule has 2 heteroatoms. The second kappa shape index (κ2) is 7.76. The van der Waals surface area contributed by atoms with Gasteiger partial charge in [-0.2, -0.15) is 0 Å². The first kappa shape index (κ1) is 8.76. The molecule has 0 amide bonds. The minimum absolute atomic E-state index is 1.19. The summed E-state index contributed by atoms with van der Waals surface area (Å²) in [6, 6.07) is 0. The number of rotatable bonds is 4. The number of nitrogens with zero attached hydrogens (tertiary/aromatic N) is 1. The third kappa shape index (κ3) is 7.76. The molecule has 0 fully saturated rings. The van der Waals surface area contributed by atoms with Gasteiger partial charge in [0.05, 0.1) is 0 Å². The Balaban J connectivity index is 3.04. The van der Waals surface area contributed by atoms with Crippen LogP contribution >= 0.6 is 11.8 Å². The van der Waals surface area contributed by atoms with Crippen LogP contribution < -0.4 is 0 Å². The van der Waals surface area contributed by atoms with Crippen LogP contribution in [-0.2, 0) is 0 Å². The summed E-state index contributed by atoms with van der Waals surface area (Å²) in [4.78, 5) is 3.92. The van der Waals surface area contributed by atoms with E-state index in [4.69, 9.17) is 0 Å². The lowest BCUT2D eigenvalue weighted by Crippen LogP contribution is -1.66. The highest BCUT2D eigenvalue weighted by Gasteiger charge is 1.74. The van der Waals surface area contributed by atoms with E-state index >= 15 is 0 Å². The lowest BCUT2D eigenvalue weighted by Gasteiger charge is -1.84. The highest BCUT2D eigenvalue weighted by molar-refractivity contribution is 8.02. The van der Waals surface area contributed by atoms with Crippen molar-refractivity contribution in [3.05, 3.63) is 11.6 Å². The number of aliphatic imine (C=N–C) groups is 1. The molecular weight excluding hydrogens is 130 g/mol. The van der Waals surface area contributed by atoms with Crippen molar-refractivity contribution in [1.82, 2.24) is 0 Å². The molecule has 9 heavy (non-hydrogen) atoms. The van der Waals surface area contributed by atoms with Gasteiger partial charge in [-0.15, -0.1) is 11.8 Å². The average Bonchev–Trinajstić information content (AvgIpc) is 1.89. The Labute approximate surface area is 61.3 Å². The van der Waals surface area contributed by atoms with Crippen molar-refractivity contribution >= 4 is 18.0 Å². The van der Waals surface area contributed by atoms with E-state index in [2.05, 4.69) is 11.9 Å². The fraction of sp³-hybridized carbons (Fsp3) is 0.571. The highest BCUT2D eigenvalue weighted by Crippen LogP contribution is 2.02. The van der Waals surface area contributed by atoms with Gasteiger partial charge in [0.2, 0.25) is 0 Å². The zero-order chi connectivity index (χ0) is 6.95. The van der Waals surface area contributed by atoms with Gasteiger partial charge in [-0.1, -0.05) is 6.92 Å². The van der Waals surface area contributed by atoms with Gasteiger partial charge < -0.3 is 0 Å². The summed E-state index contributed by atoms with van der Waals surface area (Å²) >= 11 is 1.80. The summed E-state index contributed by atoms with van der Waals surface area (Å²) < 4.78 is 0. The average molecular weight is 143 g/mol. The van der Waals surface area contributed by atoms with E-state index in [1.54, 1.807) is 18.0 Å². The van der Waals surface area contributed by atoms with E-state index < -0.39 is 0 Å². The summed E-state index contributed by atoms with van der Waals surface area (Å²) in [6.45, 7) is 4.08. The van der Waals surface area contributed by atoms with E-state index in [0.29, 0.717) is 0 Å². The second-order valence-corrected chi connectivity index (χ2v) is 2.58. The quantitative estimate of drug-likeness (QED) is 0.435. The van der Waals surface area contributed by atoms with Gasteiger partial charge >= 0.3 is 0 Å². The lowest BCUT2D eigenvalue weighted by atomic mass is 10.6. The van der Waals surface area contributed by atoms with Crippen LogP contribution in [0.25, 0.3) is 0 Å². The molecule has 0 spiro atoms. The fourth-order valence-corrected chi connectivity index (χ4v) is 0.878. The van der Waals surface area contributed by atoms with Crippen molar-refractivity contribution in [3.63, 3.8) is 0 Å². The van der Waals surface area contributed by atoms with E-state index in [-0.39, 0.29) is 0 Å². The van der Waals surface area contributed by atoms with Crippen LogP contribution in [0.5, 0.6) is 0 Å². The number of hydrogen-bond donors (Lipinski definition) is 0. The molecule has 0 unspecified atom stereocenters. The Morgan fingerprint density at radius 1 is 1.56 bits per heavy atom. The van der Waals surface area contributed by atoms with Crippen LogP contribution in [0.2, 0.25) is 0 Å². The molecular formula is C7H13NS. The van der Waals surface area contributed by atoms with Gasteiger partial charge in [0.25, 0.3) is 0 Å². The molecule has 0 saturated heterocycles. The molecule has 0 radical (unpaired) electrons. The van der Waals surface area contributed by atoms with Crippen molar-refractivity contribution in [2.75, 3.05) is 5.75 Å². The zero-order valence-electron chi connectivity index (χ0n) is 6.00. The monoisotopic (exact) mass is 143 g/mol. The Morgan fingerprint density at radius 2 is 2.33 bits per heavy atom. The van der Waals surface area contributed by atoms with Crippen LogP contribution in [0.15, 0.2) is 16.6 Å². The summed E-state index contributed by atoms with van der Waals surface area (Å²) in [7, 11) is 0. The molecule has 0 aliphatic rings. The van der Waals surface area contributed by atoms with Gasteiger partial charge in [0.15, 0.2) is 0 Å². The molecule has 0 saturated carbocycles. The topological polar surface area (TPSA) is 12.4 Å². The van der Waals surface area contributed by atoms with Crippen molar-refractivity contribution in [3.8, 4) is 0 Å². The first-order chi connectivity index (χ1) is 4.41. The maximum atomic E-state index is 3.92. The summed E-state index contributed by atoms with van der Waals surface area (Å²) in [5.74, 6) is 1.19. The van der Waals surface area contributed by atoms with E-state index in [9.17, 15) is 0 Å². The Hall–Kier alpha value is -0.240. The van der Waals surface area contributed by atoms with Gasteiger partial charge in [-0.25, -0.2) is 0 Å². The molecule has 0 heterocycles. The fourth-order valence-electron chi connectivity index (χ4n) is 0.350. The molecule has 0 aliphatic heterocycles. The van der Waals surface area contributed by atoms with Crippen LogP contribution in [0.3, 0.4) is 0 Å². The predicted octanol–water partition coefficient (Wildman–Crippen LogP) is 2.69. The molecule has 0 bridgehead atoms. The molecule has 0 atom stereocenters. The van der Waals surface area contributed by atoms with Gasteiger partial charge in [0, 0.05) is 12.4 Å². The largest absolute Gasteiger partial charge is 0.269 e. The summed E-state index contributed by atoms with van der Waals surface area (Å²) in [6.07, 6.45) is 4.83. The molecule has 0 rings (SSSR count). The number of hydrogen-bond acceptors (Lipinski definition) is 2. The van der Waals surface area contributed by atoms with Crippen LogP contribution in [0.1, 0.15) is 20.3 Å². The first-order valence-corrected chi connectivity index (χ1v) is 4.21. The first-order valence-electron chi connectivity index (χ1n) is 3.16. The van der Waals surface area contributed by atoms with Crippen LogP contribution in [0.4, 0.5) is 0 Å². The van der Waals surface area contributed by atoms with E-state index in [1.165, 1.54) is 12.2 Å². The standard InChI is InChI=1S/C7H13NS/c1-3-6-9-7-5-8-4-2/h4-5,7H,3,6H2,1-2H3. The minimum atomic E-state index is 1.19. The Morgan fingerprint density at radius 3 is 2.89 bits per heavy atom. The molecule has 52 valence electrons. The smallest absolute Gasteiger partial charge is 0.0326 e. The third-order valence-electron chi connectivity index (χ3n) is 0.714. The van der Waals surface area contributed by atoms with E-state index in [1.807, 2.05) is 18.5 Å². The third-order valence-corrected chi connectivity index (χ3v) is 1.67. The normalized spacial score (nSPS) is 11.8. The Kier molecular flexibility index (Phi) is 7.55. The summed E-state index contributed by atoms with van der Waals surface area (Å²) in [5, 5.41) is 2.02. The van der Waals surface area contributed by atoms with Crippen LogP contribution in [-0.4, -0.2) is 12.0 Å². The molecule has 0 aromatic carbocycles. The van der Waals surface area contributed by atoms with E-state index in [0.717, 1.165) is 0 Å². The maximum Gasteiger partial charge on any atom is 0.0326 e. The highest BCUT2D eigenvalue weighted by atomic mass is 32.2. The lowest BCUT2D eigenvalue weighted by molar-refractivity contribution is 1.11. The molecule has 0 aliphatic carbocycles. The van der Waals surface area contributed by atoms with Gasteiger partial charge in [-0.3, -0.25) is 4.99 Å². The minimum Gasteiger partial charge on any atom is -0.269 e. The molecule has 1 nitrogen and oxygen atoms in total. The summed E-state index contributed by atoms with van der Waals surface area (Å²) in [5.41, 5.74) is 0. The molecule has 0 N–H and O–H groups in total. The molecule has 0 aromatic heterocycles. The van der Waals surface area contributed by atoms with Crippen molar-refractivity contribution in [1.29, 1.82) is 0 Å². The maximum absolute atomic E-state index is 3.92. The van der Waals surface area contributed by atoms with Crippen molar-refractivity contribution in [2.45, 2.75) is 20.3 Å². The zero-order valence-corrected chi connectivity index (χ0v) is 6.82.